The molecular weight excluding hydrogens is 180 g/mol. The Morgan fingerprint density at radius 2 is 2.36 bits per heavy atom. The molecule has 4 nitrogen and oxygen atoms in total. The lowest BCUT2D eigenvalue weighted by Crippen LogP contribution is -2.43. The lowest BCUT2D eigenvalue weighted by Gasteiger charge is -2.22. The monoisotopic (exact) mass is 200 g/mol. The molecule has 1 aliphatic carbocycles. The molecular formula is C10H20N2O2. The first-order chi connectivity index (χ1) is 6.74. The fourth-order valence-corrected chi connectivity index (χ4v) is 2.85. The number of ether oxygens (including phenoxy) is 1. The molecule has 14 heavy (non-hydrogen) atoms. The summed E-state index contributed by atoms with van der Waals surface area (Å²) in [5, 5.41) is 11.9. The van der Waals surface area contributed by atoms with E-state index in [0.717, 1.165) is 0 Å². The highest BCUT2D eigenvalue weighted by Gasteiger charge is 2.45. The van der Waals surface area contributed by atoms with Crippen LogP contribution in [0.3, 0.4) is 0 Å². The topological polar surface area (TPSA) is 44.7 Å². The smallest absolute Gasteiger partial charge is 0.171 e. The number of nitrogens with one attached hydrogen (secondary N) is 1. The summed E-state index contributed by atoms with van der Waals surface area (Å²) in [6.45, 7) is 2.48. The maximum Gasteiger partial charge on any atom is 0.171 e. The maximum absolute atomic E-state index is 9.80. The van der Waals surface area contributed by atoms with Gasteiger partial charge < -0.3 is 9.84 Å². The number of aliphatic hydroxyl groups excluding tert-OH is 1. The van der Waals surface area contributed by atoms with Crippen LogP contribution in [0.2, 0.25) is 0 Å². The molecule has 1 aliphatic heterocycles. The number of nitrogens with zero attached hydrogens (tertiary/aromatic N) is 1. The van der Waals surface area contributed by atoms with Crippen LogP contribution in [0.5, 0.6) is 0 Å². The first kappa shape index (κ1) is 10.4. The molecule has 82 valence electrons. The largest absolute Gasteiger partial charge is 0.367 e. The Bertz CT molecular complexity index is 201. The van der Waals surface area contributed by atoms with Gasteiger partial charge in [0.05, 0.1) is 6.04 Å². The Balaban J connectivity index is 1.99. The molecule has 4 unspecified atom stereocenters. The van der Waals surface area contributed by atoms with Crippen LogP contribution in [0.4, 0.5) is 0 Å². The average Bonchev–Trinajstić information content (AvgIpc) is 2.70. The summed E-state index contributed by atoms with van der Waals surface area (Å²) in [4.78, 5) is 0. The van der Waals surface area contributed by atoms with Crippen LogP contribution in [-0.2, 0) is 4.74 Å². The molecule has 2 fully saturated rings. The van der Waals surface area contributed by atoms with Crippen molar-refractivity contribution in [2.75, 3.05) is 13.7 Å². The SMILES string of the molecule is CCOC(O)C1NN(C)C2CCCC12. The van der Waals surface area contributed by atoms with Crippen LogP contribution < -0.4 is 5.43 Å². The third-order valence-electron chi connectivity index (χ3n) is 3.49. The predicted molar refractivity (Wildman–Crippen MR) is 53.4 cm³/mol. The molecule has 1 saturated carbocycles. The van der Waals surface area contributed by atoms with Crippen LogP contribution in [0.25, 0.3) is 0 Å². The molecule has 0 aromatic rings. The highest BCUT2D eigenvalue weighted by Crippen LogP contribution is 2.36. The predicted octanol–water partition coefficient (Wildman–Crippen LogP) is 0.329. The van der Waals surface area contributed by atoms with Gasteiger partial charge in [0.15, 0.2) is 6.29 Å². The highest BCUT2D eigenvalue weighted by molar-refractivity contribution is 4.96. The Morgan fingerprint density at radius 1 is 1.57 bits per heavy atom. The minimum Gasteiger partial charge on any atom is -0.367 e. The molecule has 0 spiro atoms. The van der Waals surface area contributed by atoms with E-state index in [0.29, 0.717) is 18.6 Å². The van der Waals surface area contributed by atoms with Gasteiger partial charge in [-0.15, -0.1) is 0 Å². The summed E-state index contributed by atoms with van der Waals surface area (Å²) < 4.78 is 5.25. The molecule has 0 amide bonds. The van der Waals surface area contributed by atoms with Gasteiger partial charge in [-0.05, 0) is 25.7 Å². The normalized spacial score (nSPS) is 40.1. The molecule has 2 N–H and O–H groups in total. The zero-order valence-corrected chi connectivity index (χ0v) is 8.94. The van der Waals surface area contributed by atoms with Crippen molar-refractivity contribution in [2.45, 2.75) is 44.6 Å². The molecule has 0 radical (unpaired) electrons. The number of hydrogen-bond acceptors (Lipinski definition) is 4. The van der Waals surface area contributed by atoms with Gasteiger partial charge in [-0.2, -0.15) is 0 Å². The van der Waals surface area contributed by atoms with E-state index >= 15 is 0 Å². The molecule has 0 aromatic heterocycles. The summed E-state index contributed by atoms with van der Waals surface area (Å²) in [6.07, 6.45) is 3.06. The van der Waals surface area contributed by atoms with Crippen molar-refractivity contribution in [1.29, 1.82) is 0 Å². The van der Waals surface area contributed by atoms with E-state index < -0.39 is 6.29 Å². The van der Waals surface area contributed by atoms with Crippen molar-refractivity contribution in [3.8, 4) is 0 Å². The number of aliphatic hydroxyl groups is 1. The molecule has 0 bridgehead atoms. The van der Waals surface area contributed by atoms with Gasteiger partial charge in [0.25, 0.3) is 0 Å². The summed E-state index contributed by atoms with van der Waals surface area (Å²) in [5.41, 5.74) is 3.30. The first-order valence-corrected chi connectivity index (χ1v) is 5.52. The van der Waals surface area contributed by atoms with Crippen molar-refractivity contribution in [3.05, 3.63) is 0 Å². The number of rotatable bonds is 3. The lowest BCUT2D eigenvalue weighted by molar-refractivity contribution is -0.123. The van der Waals surface area contributed by atoms with E-state index in [1.165, 1.54) is 19.3 Å². The van der Waals surface area contributed by atoms with E-state index in [2.05, 4.69) is 17.5 Å². The number of hydrazine groups is 1. The summed E-state index contributed by atoms with van der Waals surface area (Å²) in [7, 11) is 2.06. The summed E-state index contributed by atoms with van der Waals surface area (Å²) >= 11 is 0. The van der Waals surface area contributed by atoms with Crippen LogP contribution in [0.1, 0.15) is 26.2 Å². The highest BCUT2D eigenvalue weighted by atomic mass is 16.6. The van der Waals surface area contributed by atoms with Crippen LogP contribution in [0, 0.1) is 5.92 Å². The second kappa shape index (κ2) is 4.14. The van der Waals surface area contributed by atoms with Crippen LogP contribution in [-0.4, -0.2) is 42.1 Å². The fourth-order valence-electron chi connectivity index (χ4n) is 2.85. The third-order valence-corrected chi connectivity index (χ3v) is 3.49. The minimum atomic E-state index is -0.657. The van der Waals surface area contributed by atoms with Crippen molar-refractivity contribution in [2.24, 2.45) is 5.92 Å². The molecule has 1 saturated heterocycles. The zero-order chi connectivity index (χ0) is 10.1. The molecule has 2 rings (SSSR count). The van der Waals surface area contributed by atoms with Gasteiger partial charge in [0.2, 0.25) is 0 Å². The quantitative estimate of drug-likeness (QED) is 0.644. The molecule has 4 atom stereocenters. The van der Waals surface area contributed by atoms with Gasteiger partial charge in [-0.3, -0.25) is 0 Å². The zero-order valence-electron chi connectivity index (χ0n) is 8.94. The van der Waals surface area contributed by atoms with E-state index in [1.54, 1.807) is 0 Å². The second-order valence-corrected chi connectivity index (χ2v) is 4.27. The van der Waals surface area contributed by atoms with Gasteiger partial charge in [0.1, 0.15) is 0 Å². The summed E-state index contributed by atoms with van der Waals surface area (Å²) in [6, 6.07) is 0.683. The van der Waals surface area contributed by atoms with Crippen molar-refractivity contribution >= 4 is 0 Å². The lowest BCUT2D eigenvalue weighted by atomic mass is 9.97. The summed E-state index contributed by atoms with van der Waals surface area (Å²) in [5.74, 6) is 0.557. The average molecular weight is 200 g/mol. The molecule has 4 heteroatoms. The van der Waals surface area contributed by atoms with Gasteiger partial charge in [-0.1, -0.05) is 6.42 Å². The van der Waals surface area contributed by atoms with E-state index in [9.17, 15) is 5.11 Å². The van der Waals surface area contributed by atoms with E-state index in [1.807, 2.05) is 6.92 Å². The van der Waals surface area contributed by atoms with Crippen LogP contribution >= 0.6 is 0 Å². The van der Waals surface area contributed by atoms with Gasteiger partial charge in [0, 0.05) is 19.7 Å². The first-order valence-electron chi connectivity index (χ1n) is 5.52. The minimum absolute atomic E-state index is 0.0902. The Labute approximate surface area is 85.2 Å². The van der Waals surface area contributed by atoms with Crippen LogP contribution in [0.15, 0.2) is 0 Å². The van der Waals surface area contributed by atoms with E-state index in [-0.39, 0.29) is 6.04 Å². The molecule has 2 aliphatic rings. The Morgan fingerprint density at radius 3 is 3.07 bits per heavy atom. The number of hydrogen-bond donors (Lipinski definition) is 2. The van der Waals surface area contributed by atoms with Gasteiger partial charge >= 0.3 is 0 Å². The van der Waals surface area contributed by atoms with Gasteiger partial charge in [-0.25, -0.2) is 10.4 Å². The maximum atomic E-state index is 9.80. The number of fused-ring (bicyclic) bond motifs is 1. The molecule has 0 aromatic carbocycles. The third kappa shape index (κ3) is 1.67. The Kier molecular flexibility index (Phi) is 3.07. The fraction of sp³-hybridized carbons (Fsp3) is 1.00. The van der Waals surface area contributed by atoms with E-state index in [4.69, 9.17) is 4.74 Å². The van der Waals surface area contributed by atoms with Crippen molar-refractivity contribution < 1.29 is 9.84 Å². The standard InChI is InChI=1S/C10H20N2O2/c1-3-14-10(13)9-7-5-4-6-8(7)12(2)11-9/h7-11,13H,3-6H2,1-2H3. The Hall–Kier alpha value is -0.160. The van der Waals surface area contributed by atoms with Crippen molar-refractivity contribution in [3.63, 3.8) is 0 Å². The molecule has 1 heterocycles. The van der Waals surface area contributed by atoms with Crippen molar-refractivity contribution in [1.82, 2.24) is 10.4 Å². The second-order valence-electron chi connectivity index (χ2n) is 4.27.